The topological polar surface area (TPSA) is 149 Å². The molecule has 196 valence electrons. The van der Waals surface area contributed by atoms with E-state index >= 15 is 0 Å². The maximum atomic E-state index is 10.7. The number of aliphatic hydroxyl groups excluding tert-OH is 6. The second kappa shape index (κ2) is 15.9. The molecule has 0 aromatic heterocycles. The van der Waals surface area contributed by atoms with Crippen LogP contribution in [-0.4, -0.2) is 111 Å². The van der Waals surface area contributed by atoms with Gasteiger partial charge in [0.15, 0.2) is 0 Å². The van der Waals surface area contributed by atoms with Crippen molar-refractivity contribution in [2.45, 2.75) is 106 Å². The van der Waals surface area contributed by atoms with Crippen LogP contribution in [0.2, 0.25) is 0 Å². The Kier molecular flexibility index (Phi) is 14.1. The Bertz CT molecular complexity index is 512. The minimum absolute atomic E-state index is 0.00246. The van der Waals surface area contributed by atoms with E-state index in [1.807, 2.05) is 0 Å². The standard InChI is InChI=1S/C23H44O9S/c1-2-3-4-5-6-7-8-9-33-23-22(29)21(28)15(18(11-24)32-23)13-30-14-20-17(27)10-16(26)19(12-25)31-20/h15-29H,2-14H2,1H3/t15-,16-,17?,18?,19?,20-,21?,22?,23-/m0/s1. The lowest BCUT2D eigenvalue weighted by Crippen LogP contribution is -2.56. The van der Waals surface area contributed by atoms with Gasteiger partial charge in [0.1, 0.15) is 23.7 Å². The van der Waals surface area contributed by atoms with Gasteiger partial charge in [-0.25, -0.2) is 0 Å². The van der Waals surface area contributed by atoms with Crippen molar-refractivity contribution in [3.8, 4) is 0 Å². The first kappa shape index (κ1) is 29.2. The molecular weight excluding hydrogens is 452 g/mol. The van der Waals surface area contributed by atoms with E-state index in [2.05, 4.69) is 6.92 Å². The van der Waals surface area contributed by atoms with E-state index in [-0.39, 0.29) is 32.8 Å². The zero-order valence-corrected chi connectivity index (χ0v) is 20.5. The monoisotopic (exact) mass is 496 g/mol. The second-order valence-electron chi connectivity index (χ2n) is 9.17. The number of hydrogen-bond donors (Lipinski definition) is 6. The first-order valence-corrected chi connectivity index (χ1v) is 13.4. The van der Waals surface area contributed by atoms with Crippen LogP contribution < -0.4 is 0 Å². The largest absolute Gasteiger partial charge is 0.394 e. The Morgan fingerprint density at radius 2 is 1.39 bits per heavy atom. The summed E-state index contributed by atoms with van der Waals surface area (Å²) in [6.07, 6.45) is 2.16. The van der Waals surface area contributed by atoms with Gasteiger partial charge in [-0.3, -0.25) is 0 Å². The molecule has 0 amide bonds. The molecule has 0 radical (unpaired) electrons. The van der Waals surface area contributed by atoms with E-state index in [0.717, 1.165) is 18.6 Å². The Labute approximate surface area is 201 Å². The molecule has 2 fully saturated rings. The molecule has 6 N–H and O–H groups in total. The number of rotatable bonds is 15. The van der Waals surface area contributed by atoms with Crippen LogP contribution in [0.15, 0.2) is 0 Å². The van der Waals surface area contributed by atoms with Gasteiger partial charge < -0.3 is 44.8 Å². The van der Waals surface area contributed by atoms with Crippen LogP contribution in [0.5, 0.6) is 0 Å². The molecule has 0 spiro atoms. The molecule has 0 saturated carbocycles. The minimum atomic E-state index is -1.12. The van der Waals surface area contributed by atoms with E-state index in [1.165, 1.54) is 43.9 Å². The molecule has 33 heavy (non-hydrogen) atoms. The number of aliphatic hydroxyl groups is 6. The molecule has 9 nitrogen and oxygen atoms in total. The molecule has 2 saturated heterocycles. The fourth-order valence-corrected chi connectivity index (χ4v) is 5.54. The number of ether oxygens (including phenoxy) is 3. The molecule has 2 aliphatic rings. The van der Waals surface area contributed by atoms with Crippen molar-refractivity contribution < 1.29 is 44.8 Å². The molecular formula is C23H44O9S. The number of hydrogen-bond acceptors (Lipinski definition) is 10. The highest BCUT2D eigenvalue weighted by atomic mass is 32.2. The van der Waals surface area contributed by atoms with Crippen molar-refractivity contribution in [3.05, 3.63) is 0 Å². The van der Waals surface area contributed by atoms with Gasteiger partial charge in [-0.2, -0.15) is 0 Å². The third kappa shape index (κ3) is 9.18. The van der Waals surface area contributed by atoms with Crippen LogP contribution >= 0.6 is 11.8 Å². The zero-order chi connectivity index (χ0) is 24.2. The van der Waals surface area contributed by atoms with Crippen LogP contribution in [0, 0.1) is 5.92 Å². The Balaban J connectivity index is 1.73. The van der Waals surface area contributed by atoms with Gasteiger partial charge in [-0.1, -0.05) is 45.4 Å². The summed E-state index contributed by atoms with van der Waals surface area (Å²) in [5.41, 5.74) is -0.608. The van der Waals surface area contributed by atoms with E-state index in [4.69, 9.17) is 14.2 Å². The average Bonchev–Trinajstić information content (AvgIpc) is 2.80. The van der Waals surface area contributed by atoms with Crippen molar-refractivity contribution in [2.24, 2.45) is 5.92 Å². The van der Waals surface area contributed by atoms with E-state index < -0.39 is 54.1 Å². The van der Waals surface area contributed by atoms with E-state index in [9.17, 15) is 30.6 Å². The summed E-state index contributed by atoms with van der Waals surface area (Å²) in [4.78, 5) is 0. The van der Waals surface area contributed by atoms with Crippen LogP contribution in [0.1, 0.15) is 58.3 Å². The van der Waals surface area contributed by atoms with Crippen LogP contribution in [0.4, 0.5) is 0 Å². The molecule has 2 aliphatic heterocycles. The normalized spacial score (nSPS) is 37.4. The van der Waals surface area contributed by atoms with Crippen molar-refractivity contribution in [2.75, 3.05) is 32.2 Å². The molecule has 0 aliphatic carbocycles. The van der Waals surface area contributed by atoms with Gasteiger partial charge in [0.05, 0.1) is 50.8 Å². The highest BCUT2D eigenvalue weighted by molar-refractivity contribution is 7.99. The molecule has 5 unspecified atom stereocenters. The predicted octanol–water partition coefficient (Wildman–Crippen LogP) is 0.414. The van der Waals surface area contributed by atoms with Gasteiger partial charge in [0, 0.05) is 12.3 Å². The summed E-state index contributed by atoms with van der Waals surface area (Å²) < 4.78 is 17.0. The first-order valence-electron chi connectivity index (χ1n) is 12.4. The summed E-state index contributed by atoms with van der Waals surface area (Å²) in [6, 6.07) is 0. The van der Waals surface area contributed by atoms with Gasteiger partial charge in [-0.05, 0) is 12.2 Å². The second-order valence-corrected chi connectivity index (χ2v) is 10.4. The fraction of sp³-hybridized carbons (Fsp3) is 1.00. The summed E-state index contributed by atoms with van der Waals surface area (Å²) in [6.45, 7) is 1.51. The molecule has 0 aromatic rings. The fourth-order valence-electron chi connectivity index (χ4n) is 4.36. The maximum Gasteiger partial charge on any atom is 0.132 e. The maximum absolute atomic E-state index is 10.7. The van der Waals surface area contributed by atoms with Gasteiger partial charge in [-0.15, -0.1) is 11.8 Å². The van der Waals surface area contributed by atoms with E-state index in [0.29, 0.717) is 0 Å². The SMILES string of the molecule is CCCCCCCCCS[C@@H]1OC(CO)[C@H](COC[C@@H]2OC(CO)[C@@H](O)CC2O)C(O)C1O. The van der Waals surface area contributed by atoms with Crippen LogP contribution in [0.25, 0.3) is 0 Å². The van der Waals surface area contributed by atoms with Crippen molar-refractivity contribution in [1.29, 1.82) is 0 Å². The third-order valence-corrected chi connectivity index (χ3v) is 7.77. The lowest BCUT2D eigenvalue weighted by Gasteiger charge is -2.42. The summed E-state index contributed by atoms with van der Waals surface area (Å²) >= 11 is 1.46. The summed E-state index contributed by atoms with van der Waals surface area (Å²) in [5, 5.41) is 60.1. The highest BCUT2D eigenvalue weighted by Gasteiger charge is 2.44. The van der Waals surface area contributed by atoms with Crippen LogP contribution in [-0.2, 0) is 14.2 Å². The lowest BCUT2D eigenvalue weighted by atomic mass is 9.90. The number of unbranched alkanes of at least 4 members (excludes halogenated alkanes) is 6. The lowest BCUT2D eigenvalue weighted by molar-refractivity contribution is -0.211. The highest BCUT2D eigenvalue weighted by Crippen LogP contribution is 2.33. The van der Waals surface area contributed by atoms with Gasteiger partial charge >= 0.3 is 0 Å². The third-order valence-electron chi connectivity index (χ3n) is 6.53. The Hall–Kier alpha value is -0.0100. The van der Waals surface area contributed by atoms with Gasteiger partial charge in [0.2, 0.25) is 0 Å². The molecule has 2 heterocycles. The molecule has 0 aromatic carbocycles. The van der Waals surface area contributed by atoms with Crippen LogP contribution in [0.3, 0.4) is 0 Å². The smallest absolute Gasteiger partial charge is 0.132 e. The molecule has 2 rings (SSSR count). The van der Waals surface area contributed by atoms with Crippen molar-refractivity contribution in [3.63, 3.8) is 0 Å². The zero-order valence-electron chi connectivity index (χ0n) is 19.7. The molecule has 10 heteroatoms. The van der Waals surface area contributed by atoms with Crippen molar-refractivity contribution in [1.82, 2.24) is 0 Å². The Morgan fingerprint density at radius 3 is 2.06 bits per heavy atom. The number of thioether (sulfide) groups is 1. The summed E-state index contributed by atoms with van der Waals surface area (Å²) in [5.74, 6) is 0.177. The molecule has 9 atom stereocenters. The minimum Gasteiger partial charge on any atom is -0.394 e. The molecule has 0 bridgehead atoms. The predicted molar refractivity (Wildman–Crippen MR) is 125 cm³/mol. The first-order chi connectivity index (χ1) is 15.9. The quantitative estimate of drug-likeness (QED) is 0.176. The average molecular weight is 497 g/mol. The summed E-state index contributed by atoms with van der Waals surface area (Å²) in [7, 11) is 0. The Morgan fingerprint density at radius 1 is 0.758 bits per heavy atom. The van der Waals surface area contributed by atoms with Crippen molar-refractivity contribution >= 4 is 11.8 Å². The van der Waals surface area contributed by atoms with E-state index in [1.54, 1.807) is 0 Å². The van der Waals surface area contributed by atoms with Gasteiger partial charge in [0.25, 0.3) is 0 Å².